The molecule has 47 heavy (non-hydrogen) atoms. The maximum absolute atomic E-state index is 16.0. The molecule has 0 fully saturated rings. The summed E-state index contributed by atoms with van der Waals surface area (Å²) in [4.78, 5) is 34.3. The third kappa shape index (κ3) is 6.53. The summed E-state index contributed by atoms with van der Waals surface area (Å²) in [6.45, 7) is 2.07. The van der Waals surface area contributed by atoms with Crippen LogP contribution in [0.5, 0.6) is 11.5 Å². The van der Waals surface area contributed by atoms with Gasteiger partial charge < -0.3 is 29.9 Å². The van der Waals surface area contributed by atoms with Crippen LogP contribution in [0.3, 0.4) is 0 Å². The number of hydrogen-bond donors (Lipinski definition) is 4. The summed E-state index contributed by atoms with van der Waals surface area (Å²) in [6.07, 6.45) is 3.95. The zero-order valence-corrected chi connectivity index (χ0v) is 25.6. The number of hydrogen-bond acceptors (Lipinski definition) is 5. The molecule has 1 aliphatic heterocycles. The molecular formula is C35H33F3N4O5. The number of aliphatic carboxylic acids is 1. The second-order valence-electron chi connectivity index (χ2n) is 11.8. The van der Waals surface area contributed by atoms with Gasteiger partial charge in [0.05, 0.1) is 12.2 Å². The van der Waals surface area contributed by atoms with Gasteiger partial charge in [0, 0.05) is 59.0 Å². The number of aryl methyl sites for hydroxylation is 1. The molecule has 244 valence electrons. The molecule has 0 radical (unpaired) electrons. The van der Waals surface area contributed by atoms with Crippen LogP contribution in [0, 0.1) is 17.5 Å². The molecule has 1 atom stereocenters. The first-order valence-corrected chi connectivity index (χ1v) is 15.4. The van der Waals surface area contributed by atoms with Crippen molar-refractivity contribution in [2.24, 2.45) is 0 Å². The van der Waals surface area contributed by atoms with Crippen LogP contribution in [0.2, 0.25) is 0 Å². The highest BCUT2D eigenvalue weighted by Gasteiger charge is 2.34. The molecule has 0 aliphatic carbocycles. The van der Waals surface area contributed by atoms with Crippen molar-refractivity contribution in [3.8, 4) is 22.9 Å². The number of alkyl carbamates (subject to hydrolysis) is 1. The van der Waals surface area contributed by atoms with E-state index in [1.807, 2.05) is 6.92 Å². The van der Waals surface area contributed by atoms with Gasteiger partial charge in [-0.3, -0.25) is 4.79 Å². The van der Waals surface area contributed by atoms with Crippen LogP contribution in [-0.2, 0) is 27.8 Å². The number of imidazole rings is 1. The summed E-state index contributed by atoms with van der Waals surface area (Å²) in [5.41, 5.74) is 1.21. The van der Waals surface area contributed by atoms with E-state index in [1.54, 1.807) is 30.5 Å². The van der Waals surface area contributed by atoms with Crippen molar-refractivity contribution in [3.63, 3.8) is 0 Å². The molecule has 1 amide bonds. The van der Waals surface area contributed by atoms with Gasteiger partial charge in [0.25, 0.3) is 0 Å². The lowest BCUT2D eigenvalue weighted by Gasteiger charge is -2.30. The van der Waals surface area contributed by atoms with Gasteiger partial charge in [-0.1, -0.05) is 18.2 Å². The number of carboxylic acid groups (broad SMARTS) is 1. The monoisotopic (exact) mass is 646 g/mol. The molecule has 0 spiro atoms. The van der Waals surface area contributed by atoms with Crippen LogP contribution >= 0.6 is 0 Å². The maximum atomic E-state index is 16.0. The molecule has 4 N–H and O–H groups in total. The van der Waals surface area contributed by atoms with Gasteiger partial charge in [-0.05, 0) is 74.4 Å². The van der Waals surface area contributed by atoms with Crippen molar-refractivity contribution >= 4 is 23.0 Å². The van der Waals surface area contributed by atoms with Crippen LogP contribution in [0.1, 0.15) is 55.0 Å². The number of carbonyl (C=O) groups is 2. The highest BCUT2D eigenvalue weighted by Crippen LogP contribution is 2.40. The van der Waals surface area contributed by atoms with E-state index in [9.17, 15) is 9.59 Å². The number of aromatic amines is 2. The second kappa shape index (κ2) is 13.2. The Kier molecular flexibility index (Phi) is 8.93. The number of carbonyl (C=O) groups excluding carboxylic acids is 1. The van der Waals surface area contributed by atoms with Crippen molar-refractivity contribution in [2.45, 2.75) is 50.9 Å². The third-order valence-electron chi connectivity index (χ3n) is 8.68. The van der Waals surface area contributed by atoms with Crippen LogP contribution in [0.4, 0.5) is 18.0 Å². The average molecular weight is 647 g/mol. The molecule has 6 rings (SSSR count). The van der Waals surface area contributed by atoms with Gasteiger partial charge in [-0.15, -0.1) is 0 Å². The number of aromatic nitrogens is 3. The van der Waals surface area contributed by atoms with Crippen LogP contribution in [-0.4, -0.2) is 45.3 Å². The molecule has 3 aromatic carbocycles. The zero-order valence-electron chi connectivity index (χ0n) is 25.6. The first-order valence-electron chi connectivity index (χ1n) is 15.4. The quantitative estimate of drug-likeness (QED) is 0.160. The number of H-pyrrole nitrogens is 2. The number of fused-ring (bicyclic) bond motifs is 8. The van der Waals surface area contributed by atoms with E-state index in [1.165, 1.54) is 30.5 Å². The molecule has 2 aromatic heterocycles. The minimum Gasteiger partial charge on any atom is -0.481 e. The topological polar surface area (TPSA) is 129 Å². The Bertz CT molecular complexity index is 1960. The predicted molar refractivity (Wildman–Crippen MR) is 168 cm³/mol. The van der Waals surface area contributed by atoms with Crippen LogP contribution < -0.4 is 10.1 Å². The number of nitrogens with zero attached hydrogens (tertiary/aromatic N) is 1. The van der Waals surface area contributed by atoms with E-state index in [0.717, 1.165) is 0 Å². The zero-order chi connectivity index (χ0) is 33.1. The standard InChI is InChI=1S/C35H33F3N4O5/c1-35(25-6-4-5-20(31(25)38)7-10-30(43)44)13-2-3-16-46-34(45)40-15-12-23-22-11-14-39-28(22)18-27(37)32(23)47-21-8-9-26(36)24(17-21)33-41-19-29(35)42-33/h4-6,8-9,11,14,17-19,39H,2-3,7,10,12-13,15-16H2,1H3,(H,40,45)(H,41,42)(H,43,44). The molecule has 12 heteroatoms. The molecule has 9 nitrogen and oxygen atoms in total. The first-order chi connectivity index (χ1) is 22.6. The molecular weight excluding hydrogens is 613 g/mol. The van der Waals surface area contributed by atoms with Gasteiger partial charge in [0.2, 0.25) is 0 Å². The molecule has 3 heterocycles. The summed E-state index contributed by atoms with van der Waals surface area (Å²) in [5.74, 6) is -2.55. The summed E-state index contributed by atoms with van der Waals surface area (Å²) in [7, 11) is 0. The lowest BCUT2D eigenvalue weighted by atomic mass is 9.75. The van der Waals surface area contributed by atoms with E-state index in [-0.39, 0.29) is 60.9 Å². The van der Waals surface area contributed by atoms with Gasteiger partial charge in [0.1, 0.15) is 23.2 Å². The van der Waals surface area contributed by atoms with Crippen LogP contribution in [0.15, 0.2) is 60.9 Å². The molecule has 4 bridgehead atoms. The number of nitrogens with one attached hydrogen (secondary N) is 3. The number of benzene rings is 3. The van der Waals surface area contributed by atoms with E-state index >= 15 is 13.2 Å². The van der Waals surface area contributed by atoms with Crippen molar-refractivity contribution in [1.82, 2.24) is 20.3 Å². The molecule has 0 saturated heterocycles. The van der Waals surface area contributed by atoms with Crippen molar-refractivity contribution < 1.29 is 37.3 Å². The smallest absolute Gasteiger partial charge is 0.407 e. The van der Waals surface area contributed by atoms with Gasteiger partial charge in [-0.2, -0.15) is 0 Å². The lowest BCUT2D eigenvalue weighted by Crippen LogP contribution is -2.28. The maximum Gasteiger partial charge on any atom is 0.407 e. The number of carboxylic acids is 1. The number of rotatable bonds is 4. The minimum atomic E-state index is -1.03. The number of halogens is 3. The molecule has 0 saturated carbocycles. The van der Waals surface area contributed by atoms with E-state index in [4.69, 9.17) is 14.6 Å². The average Bonchev–Trinajstić information content (AvgIpc) is 3.72. The third-order valence-corrected chi connectivity index (χ3v) is 8.68. The summed E-state index contributed by atoms with van der Waals surface area (Å²) in [6, 6.07) is 12.0. The van der Waals surface area contributed by atoms with E-state index in [0.29, 0.717) is 47.0 Å². The Morgan fingerprint density at radius 3 is 2.77 bits per heavy atom. The Morgan fingerprint density at radius 2 is 1.94 bits per heavy atom. The Hall–Kier alpha value is -5.26. The normalized spacial score (nSPS) is 17.4. The highest BCUT2D eigenvalue weighted by molar-refractivity contribution is 5.86. The lowest BCUT2D eigenvalue weighted by molar-refractivity contribution is -0.136. The highest BCUT2D eigenvalue weighted by atomic mass is 19.1. The first kappa shape index (κ1) is 31.7. The van der Waals surface area contributed by atoms with Gasteiger partial charge >= 0.3 is 12.1 Å². The summed E-state index contributed by atoms with van der Waals surface area (Å²) >= 11 is 0. The molecule has 1 aliphatic rings. The Balaban J connectivity index is 1.43. The van der Waals surface area contributed by atoms with Crippen LogP contribution in [0.25, 0.3) is 22.3 Å². The fourth-order valence-electron chi connectivity index (χ4n) is 6.13. The van der Waals surface area contributed by atoms with Crippen molar-refractivity contribution in [3.05, 3.63) is 101 Å². The largest absolute Gasteiger partial charge is 0.481 e. The Morgan fingerprint density at radius 1 is 1.09 bits per heavy atom. The fourth-order valence-corrected chi connectivity index (χ4v) is 6.13. The van der Waals surface area contributed by atoms with Gasteiger partial charge in [-0.25, -0.2) is 22.9 Å². The summed E-state index contributed by atoms with van der Waals surface area (Å²) < 4.78 is 58.2. The number of cyclic esters (lactones) is 1. The van der Waals surface area contributed by atoms with Crippen molar-refractivity contribution in [1.29, 1.82) is 0 Å². The molecule has 1 unspecified atom stereocenters. The Labute approximate surface area is 268 Å². The second-order valence-corrected chi connectivity index (χ2v) is 11.8. The predicted octanol–water partition coefficient (Wildman–Crippen LogP) is 7.54. The SMILES string of the molecule is CC1(c2cccc(CCC(=O)O)c2F)CCCCOC(=O)NCCc2c(c(F)cc3[nH]ccc23)Oc2ccc(F)c(c2)-c2ncc1[nH]2. The fraction of sp³-hybridized carbons (Fsp3) is 0.286. The number of amides is 1. The van der Waals surface area contributed by atoms with Crippen molar-refractivity contribution in [2.75, 3.05) is 13.2 Å². The molecule has 5 aromatic rings. The van der Waals surface area contributed by atoms with Gasteiger partial charge in [0.15, 0.2) is 11.6 Å². The minimum absolute atomic E-state index is 0.0135. The van der Waals surface area contributed by atoms with E-state index < -0.39 is 34.9 Å². The van der Waals surface area contributed by atoms with E-state index in [2.05, 4.69) is 20.3 Å². The summed E-state index contributed by atoms with van der Waals surface area (Å²) in [5, 5.41) is 12.6. The number of ether oxygens (including phenoxy) is 2.